The van der Waals surface area contributed by atoms with Gasteiger partial charge in [-0.15, -0.1) is 0 Å². The highest BCUT2D eigenvalue weighted by atomic mass is 16.1. The van der Waals surface area contributed by atoms with Crippen molar-refractivity contribution in [2.75, 3.05) is 31.1 Å². The summed E-state index contributed by atoms with van der Waals surface area (Å²) in [7, 11) is 0. The van der Waals surface area contributed by atoms with E-state index in [4.69, 9.17) is 0 Å². The SMILES string of the molecule is O=C(NC1CCCNC1)c1ccc(N2CCCC2)nc1. The van der Waals surface area contributed by atoms with Crippen LogP contribution in [0.4, 0.5) is 5.82 Å². The van der Waals surface area contributed by atoms with Crippen molar-refractivity contribution >= 4 is 11.7 Å². The highest BCUT2D eigenvalue weighted by Gasteiger charge is 2.17. The molecule has 0 spiro atoms. The quantitative estimate of drug-likeness (QED) is 0.868. The summed E-state index contributed by atoms with van der Waals surface area (Å²) in [4.78, 5) is 18.8. The molecule has 5 nitrogen and oxygen atoms in total. The standard InChI is InChI=1S/C15H22N4O/c20-15(18-13-4-3-7-16-11-13)12-5-6-14(17-10-12)19-8-1-2-9-19/h5-6,10,13,16H,1-4,7-9,11H2,(H,18,20). The van der Waals surface area contributed by atoms with Crippen LogP contribution in [-0.2, 0) is 0 Å². The Hall–Kier alpha value is -1.62. The predicted molar refractivity (Wildman–Crippen MR) is 79.0 cm³/mol. The Bertz CT molecular complexity index is 447. The second kappa shape index (κ2) is 6.22. The molecule has 2 aliphatic heterocycles. The maximum absolute atomic E-state index is 12.2. The monoisotopic (exact) mass is 274 g/mol. The molecule has 0 radical (unpaired) electrons. The molecule has 0 bridgehead atoms. The first-order chi connectivity index (χ1) is 9.83. The zero-order valence-corrected chi connectivity index (χ0v) is 11.8. The number of amides is 1. The van der Waals surface area contributed by atoms with Gasteiger partial charge in [-0.3, -0.25) is 4.79 Å². The van der Waals surface area contributed by atoms with E-state index in [1.54, 1.807) is 6.20 Å². The van der Waals surface area contributed by atoms with Gasteiger partial charge in [0.2, 0.25) is 0 Å². The second-order valence-electron chi connectivity index (χ2n) is 5.62. The summed E-state index contributed by atoms with van der Waals surface area (Å²) in [6.45, 7) is 4.07. The van der Waals surface area contributed by atoms with Crippen molar-refractivity contribution in [2.24, 2.45) is 0 Å². The van der Waals surface area contributed by atoms with Crippen molar-refractivity contribution in [2.45, 2.75) is 31.7 Å². The molecule has 1 atom stereocenters. The van der Waals surface area contributed by atoms with Crippen molar-refractivity contribution in [3.8, 4) is 0 Å². The van der Waals surface area contributed by atoms with E-state index < -0.39 is 0 Å². The Labute approximate surface area is 119 Å². The Morgan fingerprint density at radius 1 is 1.30 bits per heavy atom. The molecule has 5 heteroatoms. The first kappa shape index (κ1) is 13.4. The number of carbonyl (C=O) groups excluding carboxylic acids is 1. The number of aromatic nitrogens is 1. The lowest BCUT2D eigenvalue weighted by Gasteiger charge is -2.23. The molecule has 3 rings (SSSR count). The molecule has 1 amide bonds. The maximum Gasteiger partial charge on any atom is 0.253 e. The molecule has 108 valence electrons. The number of pyridine rings is 1. The van der Waals surface area contributed by atoms with Crippen molar-refractivity contribution < 1.29 is 4.79 Å². The Morgan fingerprint density at radius 3 is 2.80 bits per heavy atom. The average molecular weight is 274 g/mol. The number of piperidine rings is 1. The van der Waals surface area contributed by atoms with Gasteiger partial charge >= 0.3 is 0 Å². The molecule has 2 fully saturated rings. The molecule has 2 saturated heterocycles. The molecule has 1 aromatic rings. The van der Waals surface area contributed by atoms with Gasteiger partial charge in [0.05, 0.1) is 5.56 Å². The van der Waals surface area contributed by atoms with Crippen LogP contribution in [0.5, 0.6) is 0 Å². The van der Waals surface area contributed by atoms with Gasteiger partial charge in [-0.1, -0.05) is 0 Å². The normalized spacial score (nSPS) is 22.8. The van der Waals surface area contributed by atoms with Gasteiger partial charge in [0.25, 0.3) is 5.91 Å². The summed E-state index contributed by atoms with van der Waals surface area (Å²) in [6, 6.07) is 4.08. The van der Waals surface area contributed by atoms with Crippen molar-refractivity contribution in [3.63, 3.8) is 0 Å². The largest absolute Gasteiger partial charge is 0.357 e. The lowest BCUT2D eigenvalue weighted by Crippen LogP contribution is -2.45. The van der Waals surface area contributed by atoms with Gasteiger partial charge in [-0.2, -0.15) is 0 Å². The molecule has 0 aliphatic carbocycles. The fraction of sp³-hybridized carbons (Fsp3) is 0.600. The summed E-state index contributed by atoms with van der Waals surface area (Å²) in [5.41, 5.74) is 0.651. The smallest absolute Gasteiger partial charge is 0.253 e. The van der Waals surface area contributed by atoms with Crippen molar-refractivity contribution in [1.82, 2.24) is 15.6 Å². The minimum atomic E-state index is -0.0147. The highest BCUT2D eigenvalue weighted by Crippen LogP contribution is 2.17. The number of hydrogen-bond donors (Lipinski definition) is 2. The second-order valence-corrected chi connectivity index (χ2v) is 5.62. The molecule has 3 heterocycles. The third-order valence-electron chi connectivity index (χ3n) is 4.07. The summed E-state index contributed by atoms with van der Waals surface area (Å²) in [6.07, 6.45) is 6.34. The Balaban J connectivity index is 1.59. The van der Waals surface area contributed by atoms with Crippen LogP contribution in [0.25, 0.3) is 0 Å². The third-order valence-corrected chi connectivity index (χ3v) is 4.07. The topological polar surface area (TPSA) is 57.3 Å². The molecular formula is C15H22N4O. The maximum atomic E-state index is 12.2. The van der Waals surface area contributed by atoms with Gasteiger partial charge in [0.15, 0.2) is 0 Å². The number of nitrogens with one attached hydrogen (secondary N) is 2. The van der Waals surface area contributed by atoms with E-state index >= 15 is 0 Å². The molecular weight excluding hydrogens is 252 g/mol. The summed E-state index contributed by atoms with van der Waals surface area (Å²) in [5.74, 6) is 0.970. The zero-order chi connectivity index (χ0) is 13.8. The minimum absolute atomic E-state index is 0.0147. The van der Waals surface area contributed by atoms with Crippen LogP contribution in [0.2, 0.25) is 0 Å². The van der Waals surface area contributed by atoms with E-state index in [-0.39, 0.29) is 11.9 Å². The van der Waals surface area contributed by atoms with E-state index in [9.17, 15) is 4.79 Å². The van der Waals surface area contributed by atoms with Crippen LogP contribution >= 0.6 is 0 Å². The fourth-order valence-corrected chi connectivity index (χ4v) is 2.90. The molecule has 1 unspecified atom stereocenters. The van der Waals surface area contributed by atoms with Crippen molar-refractivity contribution in [3.05, 3.63) is 23.9 Å². The lowest BCUT2D eigenvalue weighted by molar-refractivity contribution is 0.0930. The molecule has 1 aromatic heterocycles. The average Bonchev–Trinajstić information content (AvgIpc) is 3.03. The van der Waals surface area contributed by atoms with Crippen LogP contribution < -0.4 is 15.5 Å². The van der Waals surface area contributed by atoms with Crippen LogP contribution in [0.3, 0.4) is 0 Å². The fourth-order valence-electron chi connectivity index (χ4n) is 2.90. The molecule has 2 N–H and O–H groups in total. The van der Waals surface area contributed by atoms with E-state index in [0.717, 1.165) is 44.8 Å². The van der Waals surface area contributed by atoms with E-state index in [0.29, 0.717) is 5.56 Å². The molecule has 0 aromatic carbocycles. The summed E-state index contributed by atoms with van der Waals surface area (Å²) >= 11 is 0. The number of carbonyl (C=O) groups is 1. The molecule has 2 aliphatic rings. The van der Waals surface area contributed by atoms with Crippen LogP contribution in [-0.4, -0.2) is 43.1 Å². The summed E-state index contributed by atoms with van der Waals surface area (Å²) in [5, 5.41) is 6.37. The lowest BCUT2D eigenvalue weighted by atomic mass is 10.1. The third kappa shape index (κ3) is 3.10. The highest BCUT2D eigenvalue weighted by molar-refractivity contribution is 5.94. The number of hydrogen-bond acceptors (Lipinski definition) is 4. The summed E-state index contributed by atoms with van der Waals surface area (Å²) < 4.78 is 0. The van der Waals surface area contributed by atoms with Crippen LogP contribution in [0.1, 0.15) is 36.0 Å². The van der Waals surface area contributed by atoms with E-state index in [1.807, 2.05) is 12.1 Å². The van der Waals surface area contributed by atoms with Crippen molar-refractivity contribution in [1.29, 1.82) is 0 Å². The predicted octanol–water partition coefficient (Wildman–Crippen LogP) is 1.16. The first-order valence-corrected chi connectivity index (χ1v) is 7.55. The van der Waals surface area contributed by atoms with Gasteiger partial charge in [0, 0.05) is 31.9 Å². The van der Waals surface area contributed by atoms with Crippen LogP contribution in [0.15, 0.2) is 18.3 Å². The van der Waals surface area contributed by atoms with Gasteiger partial charge in [-0.25, -0.2) is 4.98 Å². The number of anilines is 1. The van der Waals surface area contributed by atoms with Gasteiger partial charge in [0.1, 0.15) is 5.82 Å². The van der Waals surface area contributed by atoms with E-state index in [2.05, 4.69) is 20.5 Å². The zero-order valence-electron chi connectivity index (χ0n) is 11.8. The first-order valence-electron chi connectivity index (χ1n) is 7.55. The minimum Gasteiger partial charge on any atom is -0.357 e. The molecule has 0 saturated carbocycles. The van der Waals surface area contributed by atoms with Gasteiger partial charge in [-0.05, 0) is 44.4 Å². The van der Waals surface area contributed by atoms with Crippen LogP contribution in [0, 0.1) is 0 Å². The Kier molecular flexibility index (Phi) is 4.16. The molecule has 20 heavy (non-hydrogen) atoms. The Morgan fingerprint density at radius 2 is 2.15 bits per heavy atom. The van der Waals surface area contributed by atoms with E-state index in [1.165, 1.54) is 12.8 Å². The van der Waals surface area contributed by atoms with Gasteiger partial charge < -0.3 is 15.5 Å². The number of rotatable bonds is 3. The number of nitrogens with zero attached hydrogens (tertiary/aromatic N) is 2.